The molecule has 1 saturated carbocycles. The Hall–Kier alpha value is -1.52. The fraction of sp³-hybridized carbons (Fsp3) is 0.474. The molecule has 1 aliphatic rings. The Kier molecular flexibility index (Phi) is 5.70. The molecule has 3 rings (SSSR count). The molecule has 1 amide bonds. The molecule has 0 radical (unpaired) electrons. The summed E-state index contributed by atoms with van der Waals surface area (Å²) in [6, 6.07) is 5.88. The third-order valence-electron chi connectivity index (χ3n) is 4.36. The molecule has 1 aliphatic carbocycles. The molecule has 0 aliphatic heterocycles. The number of hydrogen-bond donors (Lipinski definition) is 0. The molecule has 2 aromatic rings. The Morgan fingerprint density at radius 3 is 2.76 bits per heavy atom. The molecule has 0 bridgehead atoms. The molecule has 4 nitrogen and oxygen atoms in total. The maximum absolute atomic E-state index is 12.6. The van der Waals surface area contributed by atoms with Crippen LogP contribution in [-0.2, 0) is 17.9 Å². The van der Waals surface area contributed by atoms with Gasteiger partial charge in [-0.2, -0.15) is 0 Å². The molecule has 0 unspecified atom stereocenters. The molecule has 25 heavy (non-hydrogen) atoms. The van der Waals surface area contributed by atoms with E-state index in [1.165, 1.54) is 0 Å². The number of halogens is 2. The van der Waals surface area contributed by atoms with Crippen LogP contribution in [0.3, 0.4) is 0 Å². The van der Waals surface area contributed by atoms with Gasteiger partial charge in [0.1, 0.15) is 5.82 Å². The molecule has 0 atom stereocenters. The minimum absolute atomic E-state index is 0.219. The molecular formula is C19H23Cl2N3O. The van der Waals surface area contributed by atoms with E-state index in [1.807, 2.05) is 27.8 Å². The van der Waals surface area contributed by atoms with E-state index in [0.717, 1.165) is 24.2 Å². The van der Waals surface area contributed by atoms with Crippen molar-refractivity contribution in [3.05, 3.63) is 52.0 Å². The normalized spacial score (nSPS) is 14.1. The van der Waals surface area contributed by atoms with E-state index in [1.54, 1.807) is 12.3 Å². The van der Waals surface area contributed by atoms with Gasteiger partial charge in [0.2, 0.25) is 5.91 Å². The fourth-order valence-electron chi connectivity index (χ4n) is 2.90. The quantitative estimate of drug-likeness (QED) is 0.694. The van der Waals surface area contributed by atoms with Gasteiger partial charge in [0, 0.05) is 34.9 Å². The molecule has 0 spiro atoms. The van der Waals surface area contributed by atoms with Gasteiger partial charge in [-0.05, 0) is 36.5 Å². The first-order valence-electron chi connectivity index (χ1n) is 8.67. The van der Waals surface area contributed by atoms with Gasteiger partial charge in [-0.15, -0.1) is 0 Å². The molecule has 1 aromatic heterocycles. The second-order valence-electron chi connectivity index (χ2n) is 7.06. The Bertz CT molecular complexity index is 753. The smallest absolute Gasteiger partial charge is 0.223 e. The third kappa shape index (κ3) is 4.77. The van der Waals surface area contributed by atoms with Gasteiger partial charge in [-0.25, -0.2) is 4.98 Å². The van der Waals surface area contributed by atoms with E-state index in [-0.39, 0.29) is 5.91 Å². The van der Waals surface area contributed by atoms with E-state index >= 15 is 0 Å². The van der Waals surface area contributed by atoms with Crippen molar-refractivity contribution in [2.24, 2.45) is 5.92 Å². The van der Waals surface area contributed by atoms with Crippen LogP contribution in [0.15, 0.2) is 30.6 Å². The molecule has 6 heteroatoms. The predicted molar refractivity (Wildman–Crippen MR) is 101 cm³/mol. The number of benzene rings is 1. The Morgan fingerprint density at radius 1 is 1.36 bits per heavy atom. The van der Waals surface area contributed by atoms with Gasteiger partial charge >= 0.3 is 0 Å². The number of aromatic nitrogens is 2. The number of imidazole rings is 1. The minimum Gasteiger partial charge on any atom is -0.332 e. The lowest BCUT2D eigenvalue weighted by Crippen LogP contribution is -2.34. The monoisotopic (exact) mass is 379 g/mol. The summed E-state index contributed by atoms with van der Waals surface area (Å²) < 4.78 is 2.05. The highest BCUT2D eigenvalue weighted by molar-refractivity contribution is 6.35. The molecule has 1 fully saturated rings. The van der Waals surface area contributed by atoms with Crippen molar-refractivity contribution in [2.45, 2.75) is 52.2 Å². The van der Waals surface area contributed by atoms with E-state index < -0.39 is 0 Å². The summed E-state index contributed by atoms with van der Waals surface area (Å²) in [6.07, 6.45) is 6.47. The summed E-state index contributed by atoms with van der Waals surface area (Å²) >= 11 is 12.3. The highest BCUT2D eigenvalue weighted by atomic mass is 35.5. The average Bonchev–Trinajstić information content (AvgIpc) is 3.27. The standard InChI is InChI=1S/C19H23Cl2N3O/c1-13(2)9-19(25)24(16-5-6-16)12-18-22-7-8-23(18)11-14-3-4-15(20)10-17(14)21/h3-4,7-8,10,13,16H,5-6,9,11-12H2,1-2H3. The second-order valence-corrected chi connectivity index (χ2v) is 7.90. The van der Waals surface area contributed by atoms with E-state index in [2.05, 4.69) is 18.8 Å². The zero-order valence-corrected chi connectivity index (χ0v) is 16.1. The van der Waals surface area contributed by atoms with Gasteiger partial charge in [-0.3, -0.25) is 4.79 Å². The van der Waals surface area contributed by atoms with Crippen LogP contribution >= 0.6 is 23.2 Å². The number of hydrogen-bond acceptors (Lipinski definition) is 2. The average molecular weight is 380 g/mol. The summed E-state index contributed by atoms with van der Waals surface area (Å²) in [5.74, 6) is 1.47. The van der Waals surface area contributed by atoms with Crippen LogP contribution in [0.4, 0.5) is 0 Å². The number of carbonyl (C=O) groups excluding carboxylic acids is 1. The van der Waals surface area contributed by atoms with Crippen LogP contribution in [0.2, 0.25) is 10.0 Å². The zero-order chi connectivity index (χ0) is 18.0. The maximum atomic E-state index is 12.6. The number of amides is 1. The van der Waals surface area contributed by atoms with Crippen LogP contribution in [0, 0.1) is 5.92 Å². The first kappa shape index (κ1) is 18.3. The van der Waals surface area contributed by atoms with Crippen molar-refractivity contribution >= 4 is 29.1 Å². The van der Waals surface area contributed by atoms with Crippen LogP contribution in [-0.4, -0.2) is 26.4 Å². The Balaban J connectivity index is 1.75. The van der Waals surface area contributed by atoms with Gasteiger partial charge in [0.15, 0.2) is 0 Å². The van der Waals surface area contributed by atoms with Gasteiger partial charge in [0.05, 0.1) is 13.1 Å². The van der Waals surface area contributed by atoms with Crippen LogP contribution in [0.1, 0.15) is 44.5 Å². The van der Waals surface area contributed by atoms with E-state index in [4.69, 9.17) is 23.2 Å². The predicted octanol–water partition coefficient (Wildman–Crippen LogP) is 4.78. The van der Waals surface area contributed by atoms with Crippen LogP contribution < -0.4 is 0 Å². The summed E-state index contributed by atoms with van der Waals surface area (Å²) in [7, 11) is 0. The van der Waals surface area contributed by atoms with Crippen molar-refractivity contribution in [1.82, 2.24) is 14.5 Å². The highest BCUT2D eigenvalue weighted by Crippen LogP contribution is 2.29. The number of nitrogens with zero attached hydrogens (tertiary/aromatic N) is 3. The van der Waals surface area contributed by atoms with Crippen LogP contribution in [0.25, 0.3) is 0 Å². The maximum Gasteiger partial charge on any atom is 0.223 e. The zero-order valence-electron chi connectivity index (χ0n) is 14.6. The molecule has 0 saturated heterocycles. The van der Waals surface area contributed by atoms with E-state index in [0.29, 0.717) is 41.5 Å². The van der Waals surface area contributed by atoms with Crippen molar-refractivity contribution < 1.29 is 4.79 Å². The Morgan fingerprint density at radius 2 is 2.12 bits per heavy atom. The summed E-state index contributed by atoms with van der Waals surface area (Å²) in [5.41, 5.74) is 0.983. The lowest BCUT2D eigenvalue weighted by molar-refractivity contribution is -0.133. The van der Waals surface area contributed by atoms with Crippen LogP contribution in [0.5, 0.6) is 0 Å². The molecular weight excluding hydrogens is 357 g/mol. The summed E-state index contributed by atoms with van der Waals surface area (Å²) in [6.45, 7) is 5.32. The molecule has 134 valence electrons. The SMILES string of the molecule is CC(C)CC(=O)N(Cc1nccn1Cc1ccc(Cl)cc1Cl)C1CC1. The van der Waals surface area contributed by atoms with Crippen molar-refractivity contribution in [3.63, 3.8) is 0 Å². The topological polar surface area (TPSA) is 38.1 Å². The first-order chi connectivity index (χ1) is 11.9. The van der Waals surface area contributed by atoms with E-state index in [9.17, 15) is 4.79 Å². The van der Waals surface area contributed by atoms with Gasteiger partial charge < -0.3 is 9.47 Å². The van der Waals surface area contributed by atoms with Gasteiger partial charge in [0.25, 0.3) is 0 Å². The van der Waals surface area contributed by atoms with Crippen molar-refractivity contribution in [2.75, 3.05) is 0 Å². The fourth-order valence-corrected chi connectivity index (χ4v) is 3.36. The molecule has 1 aromatic carbocycles. The highest BCUT2D eigenvalue weighted by Gasteiger charge is 2.33. The number of carbonyl (C=O) groups is 1. The van der Waals surface area contributed by atoms with Gasteiger partial charge in [-0.1, -0.05) is 43.1 Å². The molecule has 1 heterocycles. The Labute approximate surface area is 158 Å². The first-order valence-corrected chi connectivity index (χ1v) is 9.43. The summed E-state index contributed by atoms with van der Waals surface area (Å²) in [4.78, 5) is 19.0. The minimum atomic E-state index is 0.219. The largest absolute Gasteiger partial charge is 0.332 e. The third-order valence-corrected chi connectivity index (χ3v) is 4.95. The molecule has 0 N–H and O–H groups in total. The second kappa shape index (κ2) is 7.79. The van der Waals surface area contributed by atoms with Crippen molar-refractivity contribution in [1.29, 1.82) is 0 Å². The summed E-state index contributed by atoms with van der Waals surface area (Å²) in [5, 5.41) is 1.26. The number of rotatable bonds is 7. The lowest BCUT2D eigenvalue weighted by atomic mass is 10.1. The lowest BCUT2D eigenvalue weighted by Gasteiger charge is -2.23. The van der Waals surface area contributed by atoms with Crippen molar-refractivity contribution in [3.8, 4) is 0 Å².